The molecule has 34 heavy (non-hydrogen) atoms. The van der Waals surface area contributed by atoms with Gasteiger partial charge in [0.2, 0.25) is 0 Å². The van der Waals surface area contributed by atoms with Crippen molar-refractivity contribution in [1.29, 1.82) is 0 Å². The van der Waals surface area contributed by atoms with E-state index in [1.54, 1.807) is 30.9 Å². The standard InChI is InChI=1S/C26H32N2O6/c1-25(2,23(30)33-3)20-11-10-18(16-28(20)24(31)34-4)22(29)27-15-13-17-12-14-26(32,21(17)27)19-8-6-5-7-9-19/h5-11,16-17,20-21,32H,12-15H2,1-4H3/t17-,20+,21+,26+/m1/s1. The molecular formula is C26H32N2O6. The number of ether oxygens (including phenoxy) is 2. The number of esters is 1. The average molecular weight is 469 g/mol. The van der Waals surface area contributed by atoms with Crippen LogP contribution in [0.4, 0.5) is 4.79 Å². The number of amides is 2. The summed E-state index contributed by atoms with van der Waals surface area (Å²) < 4.78 is 9.86. The second kappa shape index (κ2) is 8.91. The SMILES string of the molecule is COC(=O)N1C=C(C(=O)N2CC[C@H]3CC[C@](O)(c4ccccc4)[C@H]32)C=C[C@H]1C(C)(C)C(=O)OC. The summed E-state index contributed by atoms with van der Waals surface area (Å²) in [5.41, 5.74) is -1.08. The topological polar surface area (TPSA) is 96.4 Å². The largest absolute Gasteiger partial charge is 0.469 e. The number of aliphatic hydroxyl groups is 1. The van der Waals surface area contributed by atoms with Gasteiger partial charge in [0.1, 0.15) is 5.60 Å². The van der Waals surface area contributed by atoms with Crippen molar-refractivity contribution in [2.45, 2.75) is 50.8 Å². The molecule has 3 aliphatic rings. The lowest BCUT2D eigenvalue weighted by Crippen LogP contribution is -2.51. The average Bonchev–Trinajstić information content (AvgIpc) is 3.44. The molecule has 2 fully saturated rings. The van der Waals surface area contributed by atoms with Crippen LogP contribution in [-0.4, -0.2) is 65.7 Å². The molecule has 0 aromatic heterocycles. The summed E-state index contributed by atoms with van der Waals surface area (Å²) in [5.74, 6) is -0.534. The van der Waals surface area contributed by atoms with E-state index in [1.807, 2.05) is 30.3 Å². The summed E-state index contributed by atoms with van der Waals surface area (Å²) in [6.45, 7) is 3.88. The van der Waals surface area contributed by atoms with E-state index in [-0.39, 0.29) is 17.9 Å². The Morgan fingerprint density at radius 3 is 2.44 bits per heavy atom. The number of methoxy groups -OCH3 is 2. The summed E-state index contributed by atoms with van der Waals surface area (Å²) in [6, 6.07) is 8.47. The van der Waals surface area contributed by atoms with Crippen LogP contribution in [0.1, 0.15) is 38.7 Å². The molecule has 0 spiro atoms. The summed E-state index contributed by atoms with van der Waals surface area (Å²) in [5, 5.41) is 11.7. The van der Waals surface area contributed by atoms with Gasteiger partial charge in [0.15, 0.2) is 0 Å². The lowest BCUT2D eigenvalue weighted by molar-refractivity contribution is -0.152. The van der Waals surface area contributed by atoms with E-state index in [4.69, 9.17) is 9.47 Å². The van der Waals surface area contributed by atoms with E-state index in [9.17, 15) is 19.5 Å². The number of nitrogens with zero attached hydrogens (tertiary/aromatic N) is 2. The fourth-order valence-corrected chi connectivity index (χ4v) is 5.73. The van der Waals surface area contributed by atoms with Gasteiger partial charge >= 0.3 is 12.1 Å². The van der Waals surface area contributed by atoms with Crippen LogP contribution in [0.15, 0.2) is 54.3 Å². The van der Waals surface area contributed by atoms with Gasteiger partial charge in [-0.15, -0.1) is 0 Å². The van der Waals surface area contributed by atoms with Crippen LogP contribution in [0.5, 0.6) is 0 Å². The highest BCUT2D eigenvalue weighted by molar-refractivity contribution is 5.97. The smallest absolute Gasteiger partial charge is 0.414 e. The third kappa shape index (κ3) is 3.79. The molecule has 4 atom stereocenters. The molecule has 8 nitrogen and oxygen atoms in total. The Morgan fingerprint density at radius 2 is 1.79 bits per heavy atom. The van der Waals surface area contributed by atoms with Crippen molar-refractivity contribution >= 4 is 18.0 Å². The van der Waals surface area contributed by atoms with Crippen molar-refractivity contribution in [2.75, 3.05) is 20.8 Å². The van der Waals surface area contributed by atoms with E-state index in [1.165, 1.54) is 25.3 Å². The summed E-state index contributed by atoms with van der Waals surface area (Å²) in [4.78, 5) is 41.7. The Hall–Kier alpha value is -3.13. The van der Waals surface area contributed by atoms with Gasteiger partial charge in [0.25, 0.3) is 5.91 Å². The molecule has 1 aliphatic carbocycles. The monoisotopic (exact) mass is 468 g/mol. The minimum atomic E-state index is -1.12. The van der Waals surface area contributed by atoms with Crippen LogP contribution in [0.3, 0.4) is 0 Å². The van der Waals surface area contributed by atoms with Crippen molar-refractivity contribution in [3.05, 3.63) is 59.8 Å². The summed E-state index contributed by atoms with van der Waals surface area (Å²) in [6.07, 6.45) is 6.31. The van der Waals surface area contributed by atoms with Gasteiger partial charge < -0.3 is 19.5 Å². The molecule has 182 valence electrons. The maximum absolute atomic E-state index is 13.7. The van der Waals surface area contributed by atoms with Crippen molar-refractivity contribution in [3.8, 4) is 0 Å². The molecule has 0 radical (unpaired) electrons. The van der Waals surface area contributed by atoms with E-state index >= 15 is 0 Å². The number of carbonyl (C=O) groups excluding carboxylic acids is 3. The molecule has 1 aromatic rings. The van der Waals surface area contributed by atoms with Crippen molar-refractivity contribution < 1.29 is 29.0 Å². The molecule has 0 unspecified atom stereocenters. The zero-order valence-electron chi connectivity index (χ0n) is 20.1. The van der Waals surface area contributed by atoms with Gasteiger partial charge in [0, 0.05) is 12.7 Å². The number of hydrogen-bond donors (Lipinski definition) is 1. The Balaban J connectivity index is 1.64. The van der Waals surface area contributed by atoms with E-state index in [0.29, 0.717) is 18.5 Å². The molecule has 1 saturated heterocycles. The van der Waals surface area contributed by atoms with Crippen molar-refractivity contribution in [1.82, 2.24) is 9.80 Å². The number of hydrogen-bond acceptors (Lipinski definition) is 6. The second-order valence-corrected chi connectivity index (χ2v) is 9.80. The highest BCUT2D eigenvalue weighted by Crippen LogP contribution is 2.50. The normalized spacial score (nSPS) is 28.4. The zero-order valence-corrected chi connectivity index (χ0v) is 20.1. The van der Waals surface area contributed by atoms with Gasteiger partial charge in [-0.05, 0) is 50.7 Å². The van der Waals surface area contributed by atoms with Gasteiger partial charge in [-0.3, -0.25) is 14.5 Å². The minimum absolute atomic E-state index is 0.213. The number of benzene rings is 1. The Kier molecular flexibility index (Phi) is 6.29. The molecule has 8 heteroatoms. The lowest BCUT2D eigenvalue weighted by atomic mass is 9.82. The van der Waals surface area contributed by atoms with Crippen LogP contribution < -0.4 is 0 Å². The molecule has 0 bridgehead atoms. The van der Waals surface area contributed by atoms with E-state index < -0.39 is 29.1 Å². The first-order chi connectivity index (χ1) is 16.1. The van der Waals surface area contributed by atoms with Gasteiger partial charge in [0.05, 0.1) is 37.3 Å². The zero-order chi connectivity index (χ0) is 24.7. The van der Waals surface area contributed by atoms with Gasteiger partial charge in [-0.25, -0.2) is 4.79 Å². The minimum Gasteiger partial charge on any atom is -0.469 e. The number of fused-ring (bicyclic) bond motifs is 1. The third-order valence-electron chi connectivity index (χ3n) is 7.56. The van der Waals surface area contributed by atoms with Gasteiger partial charge in [-0.2, -0.15) is 0 Å². The number of likely N-dealkylation sites (tertiary alicyclic amines) is 1. The fourth-order valence-electron chi connectivity index (χ4n) is 5.73. The maximum Gasteiger partial charge on any atom is 0.414 e. The molecule has 2 heterocycles. The first-order valence-electron chi connectivity index (χ1n) is 11.6. The molecule has 2 amide bonds. The predicted octanol–water partition coefficient (Wildman–Crippen LogP) is 2.98. The lowest BCUT2D eigenvalue weighted by Gasteiger charge is -2.39. The van der Waals surface area contributed by atoms with Crippen LogP contribution in [0, 0.1) is 11.3 Å². The van der Waals surface area contributed by atoms with Crippen molar-refractivity contribution in [2.24, 2.45) is 11.3 Å². The summed E-state index contributed by atoms with van der Waals surface area (Å²) in [7, 11) is 2.55. The molecule has 1 saturated carbocycles. The second-order valence-electron chi connectivity index (χ2n) is 9.80. The fraction of sp³-hybridized carbons (Fsp3) is 0.500. The highest BCUT2D eigenvalue weighted by Gasteiger charge is 2.55. The molecule has 1 aromatic carbocycles. The van der Waals surface area contributed by atoms with E-state index in [2.05, 4.69) is 0 Å². The molecule has 2 aliphatic heterocycles. The van der Waals surface area contributed by atoms with Crippen molar-refractivity contribution in [3.63, 3.8) is 0 Å². The molecule has 1 N–H and O–H groups in total. The molecular weight excluding hydrogens is 436 g/mol. The predicted molar refractivity (Wildman–Crippen MR) is 124 cm³/mol. The van der Waals surface area contributed by atoms with Crippen LogP contribution in [0.2, 0.25) is 0 Å². The number of rotatable bonds is 4. The van der Waals surface area contributed by atoms with E-state index in [0.717, 1.165) is 18.4 Å². The summed E-state index contributed by atoms with van der Waals surface area (Å²) >= 11 is 0. The molecule has 4 rings (SSSR count). The first-order valence-corrected chi connectivity index (χ1v) is 11.6. The van der Waals surface area contributed by atoms with Crippen LogP contribution >= 0.6 is 0 Å². The number of carbonyl (C=O) groups is 3. The third-order valence-corrected chi connectivity index (χ3v) is 7.56. The van der Waals surface area contributed by atoms with Crippen LogP contribution in [0.25, 0.3) is 0 Å². The van der Waals surface area contributed by atoms with Gasteiger partial charge in [-0.1, -0.05) is 36.4 Å². The maximum atomic E-state index is 13.7. The Morgan fingerprint density at radius 1 is 1.09 bits per heavy atom. The highest BCUT2D eigenvalue weighted by atomic mass is 16.5. The quantitative estimate of drug-likeness (QED) is 0.683. The first kappa shape index (κ1) is 24.0. The Labute approximate surface area is 199 Å². The van der Waals surface area contributed by atoms with Crippen LogP contribution in [-0.2, 0) is 24.7 Å². The Bertz CT molecular complexity index is 1030.